The molecule has 132 valence electrons. The lowest BCUT2D eigenvalue weighted by atomic mass is 9.92. The molecule has 1 aliphatic rings. The number of carbonyl (C=O) groups excluding carboxylic acids is 1. The van der Waals surface area contributed by atoms with Gasteiger partial charge in [-0.3, -0.25) is 4.79 Å². The highest BCUT2D eigenvalue weighted by Crippen LogP contribution is 2.26. The Hall–Kier alpha value is -2.37. The number of aliphatic carboxylic acids is 1. The van der Waals surface area contributed by atoms with Crippen LogP contribution in [0.25, 0.3) is 0 Å². The van der Waals surface area contributed by atoms with E-state index in [0.29, 0.717) is 0 Å². The molecule has 1 heterocycles. The van der Waals surface area contributed by atoms with Crippen LogP contribution in [0.3, 0.4) is 0 Å². The van der Waals surface area contributed by atoms with Crippen molar-refractivity contribution in [3.05, 3.63) is 11.8 Å². The van der Waals surface area contributed by atoms with Gasteiger partial charge in [-0.05, 0) is 6.08 Å². The van der Waals surface area contributed by atoms with Crippen LogP contribution in [0.15, 0.2) is 16.8 Å². The van der Waals surface area contributed by atoms with E-state index >= 15 is 0 Å². The summed E-state index contributed by atoms with van der Waals surface area (Å²) < 4.78 is 10.3. The van der Waals surface area contributed by atoms with Gasteiger partial charge in [0, 0.05) is 14.0 Å². The first-order chi connectivity index (χ1) is 11.2. The zero-order chi connectivity index (χ0) is 18.4. The number of aliphatic hydroxyl groups is 2. The lowest BCUT2D eigenvalue weighted by Gasteiger charge is -2.39. The van der Waals surface area contributed by atoms with Gasteiger partial charge in [0.05, 0.1) is 12.6 Å². The fourth-order valence-corrected chi connectivity index (χ4v) is 2.37. The van der Waals surface area contributed by atoms with E-state index in [1.54, 1.807) is 0 Å². The summed E-state index contributed by atoms with van der Waals surface area (Å²) in [5, 5.41) is 30.5. The van der Waals surface area contributed by atoms with Crippen LogP contribution < -0.4 is 16.8 Å². The predicted molar refractivity (Wildman–Crippen MR) is 77.6 cm³/mol. The summed E-state index contributed by atoms with van der Waals surface area (Å²) in [5.74, 6) is -3.91. The quantitative estimate of drug-likeness (QED) is 0.165. The molecule has 1 aliphatic heterocycles. The molecule has 1 amide bonds. The number of ether oxygens (including phenoxy) is 2. The van der Waals surface area contributed by atoms with Crippen molar-refractivity contribution in [2.45, 2.75) is 37.3 Å². The third-order valence-corrected chi connectivity index (χ3v) is 3.31. The van der Waals surface area contributed by atoms with Gasteiger partial charge >= 0.3 is 5.97 Å². The Balaban J connectivity index is 3.34. The van der Waals surface area contributed by atoms with Gasteiger partial charge in [-0.25, -0.2) is 9.79 Å². The number of rotatable bonds is 7. The minimum absolute atomic E-state index is 0.535. The van der Waals surface area contributed by atoms with Crippen molar-refractivity contribution in [3.8, 4) is 0 Å². The second-order valence-corrected chi connectivity index (χ2v) is 5.01. The smallest absolute Gasteiger partial charge is 0.370 e. The standard InChI is InChI=1S/C13H18N4O7/c1-5(19)16-9-6(17-13(14)15)3-8(12(21)22)24-11(9)10(23-2)7(20)4-18/h3,6-7,9-11,18,20H,4H2,1-2H3,(H,16,19)(H,21,22)/t6-,7+,9+,10-,11+/m0/s1/i13+1,14+1,15+1. The molecule has 0 spiro atoms. The van der Waals surface area contributed by atoms with Crippen molar-refractivity contribution in [3.63, 3.8) is 0 Å². The molecule has 11 nitrogen and oxygen atoms in total. The minimum atomic E-state index is -1.47. The maximum atomic E-state index is 11.4. The van der Waals surface area contributed by atoms with Crippen molar-refractivity contribution in [2.75, 3.05) is 13.7 Å². The maximum Gasteiger partial charge on any atom is 0.370 e. The first-order valence-electron chi connectivity index (χ1n) is 6.87. The largest absolute Gasteiger partial charge is 0.478 e. The first kappa shape index (κ1) is 19.7. The Morgan fingerprint density at radius 3 is 2.54 bits per heavy atom. The van der Waals surface area contributed by atoms with Gasteiger partial charge in [-0.1, -0.05) is 0 Å². The second-order valence-electron chi connectivity index (χ2n) is 5.01. The number of carboxylic acids is 1. The molecule has 4 N–H and O–H groups in total. The SMILES string of the molecule is CO[C@H]([C@@H]1OC(C(=O)O)=C[C@H](N=[13C]([15N])[15N])[C@H]1NC(C)=O)[C@H](O)CO. The number of amides is 1. The molecule has 24 heavy (non-hydrogen) atoms. The Kier molecular flexibility index (Phi) is 6.95. The molecular weight excluding hydrogens is 327 g/mol. The third kappa shape index (κ3) is 4.81. The van der Waals surface area contributed by atoms with E-state index in [1.807, 2.05) is 0 Å². The number of hydrogen-bond acceptors (Lipinski definition) is 7. The van der Waals surface area contributed by atoms with E-state index in [2.05, 4.69) is 10.3 Å². The molecule has 0 saturated heterocycles. The third-order valence-electron chi connectivity index (χ3n) is 3.31. The van der Waals surface area contributed by atoms with Crippen LogP contribution in [-0.4, -0.2) is 77.3 Å². The van der Waals surface area contributed by atoms with Gasteiger partial charge in [0.15, 0.2) is 6.10 Å². The van der Waals surface area contributed by atoms with E-state index in [9.17, 15) is 14.7 Å². The Bertz CT molecular complexity index is 532. The predicted octanol–water partition coefficient (Wildman–Crippen LogP) is -2.91. The number of nitrogens with one attached hydrogen (secondary N) is 1. The lowest BCUT2D eigenvalue weighted by molar-refractivity contribution is -0.149. The summed E-state index contributed by atoms with van der Waals surface area (Å²) in [5.41, 5.74) is 17.9. The van der Waals surface area contributed by atoms with E-state index < -0.39 is 60.6 Å². The fourth-order valence-electron chi connectivity index (χ4n) is 2.37. The average Bonchev–Trinajstić information content (AvgIpc) is 2.49. The van der Waals surface area contributed by atoms with E-state index in [1.165, 1.54) is 14.0 Å². The molecule has 11 heteroatoms. The van der Waals surface area contributed by atoms with Crippen LogP contribution in [0, 0.1) is 0 Å². The molecule has 0 saturated carbocycles. The molecule has 0 fully saturated rings. The van der Waals surface area contributed by atoms with Gasteiger partial charge < -0.3 is 30.1 Å². The summed E-state index contributed by atoms with van der Waals surface area (Å²) in [7, 11) is 1.19. The zero-order valence-electron chi connectivity index (χ0n) is 13.0. The molecule has 0 aromatic rings. The highest BCUT2D eigenvalue weighted by Gasteiger charge is 2.44. The summed E-state index contributed by atoms with van der Waals surface area (Å²) in [4.78, 5) is 26.1. The summed E-state index contributed by atoms with van der Waals surface area (Å²) in [6.45, 7) is 0.466. The molecule has 5 atom stereocenters. The van der Waals surface area contributed by atoms with Crippen molar-refractivity contribution in [1.29, 1.82) is 0 Å². The average molecular weight is 345 g/mol. The van der Waals surface area contributed by atoms with Crippen LogP contribution in [0.4, 0.5) is 0 Å². The molecule has 1 rings (SSSR count). The first-order valence-corrected chi connectivity index (χ1v) is 6.87. The highest BCUT2D eigenvalue weighted by molar-refractivity contribution is 5.85. The molecule has 4 radical (unpaired) electrons. The number of aliphatic imine (C=N–C) groups is 1. The fraction of sp³-hybridized carbons (Fsp3) is 0.615. The van der Waals surface area contributed by atoms with Gasteiger partial charge in [-0.15, -0.1) is 11.5 Å². The number of carbonyl (C=O) groups is 2. The van der Waals surface area contributed by atoms with E-state index in [0.717, 1.165) is 6.08 Å². The van der Waals surface area contributed by atoms with Crippen molar-refractivity contribution in [2.24, 2.45) is 4.99 Å². The monoisotopic (exact) mass is 345 g/mol. The van der Waals surface area contributed by atoms with Crippen LogP contribution in [0.5, 0.6) is 0 Å². The number of hydrogen-bond donors (Lipinski definition) is 4. The molecule has 0 aromatic heterocycles. The Morgan fingerprint density at radius 1 is 1.50 bits per heavy atom. The van der Waals surface area contributed by atoms with Crippen molar-refractivity contribution < 1.29 is 34.4 Å². The molecule has 0 unspecified atom stereocenters. The molecule has 0 aromatic carbocycles. The molecule has 0 bridgehead atoms. The van der Waals surface area contributed by atoms with Gasteiger partial charge in [0.1, 0.15) is 18.2 Å². The zero-order valence-corrected chi connectivity index (χ0v) is 13.0. The van der Waals surface area contributed by atoms with Crippen molar-refractivity contribution >= 4 is 17.8 Å². The number of carboxylic acid groups (broad SMARTS) is 1. The van der Waals surface area contributed by atoms with Crippen LogP contribution in [0.1, 0.15) is 6.92 Å². The number of methoxy groups -OCH3 is 1. The Morgan fingerprint density at radius 2 is 2.12 bits per heavy atom. The van der Waals surface area contributed by atoms with Gasteiger partial charge in [0.25, 0.3) is 5.96 Å². The molecule has 0 aliphatic carbocycles. The van der Waals surface area contributed by atoms with Crippen LogP contribution >= 0.6 is 0 Å². The normalized spacial score (nSPS) is 25.7. The van der Waals surface area contributed by atoms with E-state index in [4.69, 9.17) is 31.2 Å². The summed E-state index contributed by atoms with van der Waals surface area (Å²) >= 11 is 0. The second kappa shape index (κ2) is 8.47. The van der Waals surface area contributed by atoms with Crippen LogP contribution in [-0.2, 0) is 19.1 Å². The lowest BCUT2D eigenvalue weighted by Crippen LogP contribution is -2.60. The van der Waals surface area contributed by atoms with Crippen molar-refractivity contribution in [1.82, 2.24) is 16.8 Å². The minimum Gasteiger partial charge on any atom is -0.478 e. The van der Waals surface area contributed by atoms with Crippen LogP contribution in [0.2, 0.25) is 0 Å². The number of guanidine groups is 1. The number of aliphatic hydroxyl groups excluding tert-OH is 2. The van der Waals surface area contributed by atoms with Gasteiger partial charge in [-0.2, -0.15) is 0 Å². The topological polar surface area (TPSA) is 182 Å². The maximum absolute atomic E-state index is 11.4. The summed E-state index contributed by atoms with van der Waals surface area (Å²) in [6.07, 6.45) is -2.97. The summed E-state index contributed by atoms with van der Waals surface area (Å²) in [6, 6.07) is -2.31. The number of nitrogens with zero attached hydrogens (tertiary/aromatic N) is 3. The Labute approximate surface area is 137 Å². The molecular formula is C13H18N4O7. The van der Waals surface area contributed by atoms with Gasteiger partial charge in [0.2, 0.25) is 11.7 Å². The highest BCUT2D eigenvalue weighted by atomic mass is 16.6. The van der Waals surface area contributed by atoms with E-state index in [-0.39, 0.29) is 0 Å².